The van der Waals surface area contributed by atoms with Crippen LogP contribution in [0.3, 0.4) is 0 Å². The number of rotatable bonds is 6. The van der Waals surface area contributed by atoms with Crippen LogP contribution in [0.15, 0.2) is 18.2 Å². The molecule has 7 heteroatoms. The Labute approximate surface area is 105 Å². The second kappa shape index (κ2) is 5.81. The molecule has 0 heterocycles. The average Bonchev–Trinajstić information content (AvgIpc) is 2.24. The van der Waals surface area contributed by atoms with E-state index in [1.165, 1.54) is 6.07 Å². The minimum absolute atomic E-state index is 0.0175. The molecule has 0 saturated heterocycles. The maximum Gasteiger partial charge on any atom is 0.337 e. The Morgan fingerprint density at radius 2 is 2.11 bits per heavy atom. The van der Waals surface area contributed by atoms with Crippen LogP contribution in [0.5, 0.6) is 0 Å². The Hall–Kier alpha value is -1.63. The first-order valence-corrected chi connectivity index (χ1v) is 7.30. The fourth-order valence-electron chi connectivity index (χ4n) is 1.40. The summed E-state index contributed by atoms with van der Waals surface area (Å²) in [5, 5.41) is 11.7. The summed E-state index contributed by atoms with van der Waals surface area (Å²) < 4.78 is 34.7. The molecule has 0 amide bonds. The van der Waals surface area contributed by atoms with E-state index >= 15 is 0 Å². The largest absolute Gasteiger partial charge is 0.478 e. The summed E-state index contributed by atoms with van der Waals surface area (Å²) in [6, 6.07) is 3.38. The van der Waals surface area contributed by atoms with Crippen molar-refractivity contribution >= 4 is 21.5 Å². The summed E-state index contributed by atoms with van der Waals surface area (Å²) in [4.78, 5) is 10.9. The Morgan fingerprint density at radius 1 is 1.44 bits per heavy atom. The number of halogens is 1. The topological polar surface area (TPSA) is 83.5 Å². The molecule has 0 aliphatic carbocycles. The lowest BCUT2D eigenvalue weighted by atomic mass is 10.1. The zero-order valence-corrected chi connectivity index (χ0v) is 10.6. The van der Waals surface area contributed by atoms with Crippen molar-refractivity contribution < 1.29 is 22.7 Å². The SMILES string of the molecule is CS(=O)(=O)CCCNc1ccc(F)cc1C(=O)O. The molecule has 1 rings (SSSR count). The highest BCUT2D eigenvalue weighted by molar-refractivity contribution is 7.90. The van der Waals surface area contributed by atoms with Crippen molar-refractivity contribution in [2.75, 3.05) is 23.9 Å². The van der Waals surface area contributed by atoms with E-state index in [4.69, 9.17) is 5.11 Å². The Balaban J connectivity index is 2.65. The second-order valence-electron chi connectivity index (χ2n) is 3.91. The molecule has 0 unspecified atom stereocenters. The number of nitrogens with one attached hydrogen (secondary N) is 1. The van der Waals surface area contributed by atoms with Crippen LogP contribution >= 0.6 is 0 Å². The predicted molar refractivity (Wildman–Crippen MR) is 66.2 cm³/mol. The van der Waals surface area contributed by atoms with E-state index in [0.29, 0.717) is 13.0 Å². The highest BCUT2D eigenvalue weighted by Crippen LogP contribution is 2.17. The summed E-state index contributed by atoms with van der Waals surface area (Å²) in [5.41, 5.74) is 0.103. The lowest BCUT2D eigenvalue weighted by Crippen LogP contribution is -2.12. The van der Waals surface area contributed by atoms with E-state index in [0.717, 1.165) is 18.4 Å². The van der Waals surface area contributed by atoms with Gasteiger partial charge in [-0.3, -0.25) is 0 Å². The number of carboxylic acid groups (broad SMARTS) is 1. The first-order chi connectivity index (χ1) is 8.29. The summed E-state index contributed by atoms with van der Waals surface area (Å²) in [5.74, 6) is -1.85. The van der Waals surface area contributed by atoms with Gasteiger partial charge < -0.3 is 10.4 Å². The fraction of sp³-hybridized carbons (Fsp3) is 0.364. The monoisotopic (exact) mass is 275 g/mol. The zero-order valence-electron chi connectivity index (χ0n) is 9.81. The van der Waals surface area contributed by atoms with Crippen LogP contribution in [0, 0.1) is 5.82 Å². The third kappa shape index (κ3) is 4.70. The van der Waals surface area contributed by atoms with Crippen LogP contribution in [-0.4, -0.2) is 38.0 Å². The predicted octanol–water partition coefficient (Wildman–Crippen LogP) is 1.37. The first-order valence-electron chi connectivity index (χ1n) is 5.24. The standard InChI is InChI=1S/C11H14FNO4S/c1-18(16,17)6-2-5-13-10-4-3-8(12)7-9(10)11(14)15/h3-4,7,13H,2,5-6H2,1H3,(H,14,15). The minimum Gasteiger partial charge on any atom is -0.478 e. The van der Waals surface area contributed by atoms with Crippen molar-refractivity contribution in [2.45, 2.75) is 6.42 Å². The van der Waals surface area contributed by atoms with E-state index in [-0.39, 0.29) is 17.0 Å². The number of carbonyl (C=O) groups is 1. The molecule has 0 bridgehead atoms. The smallest absolute Gasteiger partial charge is 0.337 e. The van der Waals surface area contributed by atoms with Gasteiger partial charge in [0.25, 0.3) is 0 Å². The van der Waals surface area contributed by atoms with Gasteiger partial charge in [-0.15, -0.1) is 0 Å². The molecule has 0 aliphatic rings. The highest BCUT2D eigenvalue weighted by atomic mass is 32.2. The van der Waals surface area contributed by atoms with Crippen LogP contribution in [0.25, 0.3) is 0 Å². The van der Waals surface area contributed by atoms with Gasteiger partial charge in [0.05, 0.1) is 11.3 Å². The molecule has 18 heavy (non-hydrogen) atoms. The maximum absolute atomic E-state index is 12.9. The molecular formula is C11H14FNO4S. The van der Waals surface area contributed by atoms with Crippen LogP contribution in [0.1, 0.15) is 16.8 Å². The summed E-state index contributed by atoms with van der Waals surface area (Å²) in [7, 11) is -3.03. The number of benzene rings is 1. The van der Waals surface area contributed by atoms with Gasteiger partial charge in [0.15, 0.2) is 0 Å². The summed E-state index contributed by atoms with van der Waals surface area (Å²) in [6.45, 7) is 0.305. The van der Waals surface area contributed by atoms with Crippen molar-refractivity contribution in [2.24, 2.45) is 0 Å². The molecule has 0 radical (unpaired) electrons. The van der Waals surface area contributed by atoms with Crippen molar-refractivity contribution in [1.82, 2.24) is 0 Å². The van der Waals surface area contributed by atoms with Gasteiger partial charge in [-0.25, -0.2) is 17.6 Å². The molecule has 0 aromatic heterocycles. The lowest BCUT2D eigenvalue weighted by Gasteiger charge is -2.09. The molecular weight excluding hydrogens is 261 g/mol. The Kier molecular flexibility index (Phi) is 4.66. The number of carboxylic acids is 1. The quantitative estimate of drug-likeness (QED) is 0.766. The van der Waals surface area contributed by atoms with E-state index < -0.39 is 21.6 Å². The fourth-order valence-corrected chi connectivity index (χ4v) is 2.07. The molecule has 5 nitrogen and oxygen atoms in total. The van der Waals surface area contributed by atoms with Crippen molar-refractivity contribution in [3.63, 3.8) is 0 Å². The molecule has 2 N–H and O–H groups in total. The lowest BCUT2D eigenvalue weighted by molar-refractivity contribution is 0.0697. The minimum atomic E-state index is -3.03. The van der Waals surface area contributed by atoms with Crippen LogP contribution in [-0.2, 0) is 9.84 Å². The zero-order chi connectivity index (χ0) is 13.8. The number of sulfone groups is 1. The molecule has 0 fully saturated rings. The third-order valence-corrected chi connectivity index (χ3v) is 3.25. The highest BCUT2D eigenvalue weighted by Gasteiger charge is 2.11. The van der Waals surface area contributed by atoms with E-state index in [1.807, 2.05) is 0 Å². The molecule has 0 atom stereocenters. The normalized spacial score (nSPS) is 11.2. The van der Waals surface area contributed by atoms with Crippen molar-refractivity contribution in [3.8, 4) is 0 Å². The van der Waals surface area contributed by atoms with Gasteiger partial charge in [-0.1, -0.05) is 0 Å². The van der Waals surface area contributed by atoms with Gasteiger partial charge in [0, 0.05) is 18.5 Å². The van der Waals surface area contributed by atoms with Crippen LogP contribution in [0.4, 0.5) is 10.1 Å². The van der Waals surface area contributed by atoms with Crippen LogP contribution < -0.4 is 5.32 Å². The van der Waals surface area contributed by atoms with Gasteiger partial charge >= 0.3 is 5.97 Å². The number of hydrogen-bond acceptors (Lipinski definition) is 4. The number of aromatic carboxylic acids is 1. The van der Waals surface area contributed by atoms with E-state index in [1.54, 1.807) is 0 Å². The molecule has 100 valence electrons. The molecule has 1 aromatic rings. The summed E-state index contributed by atoms with van der Waals surface area (Å²) >= 11 is 0. The Bertz CT molecular complexity index is 542. The number of anilines is 1. The molecule has 0 aliphatic heterocycles. The molecule has 0 saturated carbocycles. The van der Waals surface area contributed by atoms with Crippen LogP contribution in [0.2, 0.25) is 0 Å². The van der Waals surface area contributed by atoms with E-state index in [2.05, 4.69) is 5.32 Å². The average molecular weight is 275 g/mol. The second-order valence-corrected chi connectivity index (χ2v) is 6.17. The number of hydrogen-bond donors (Lipinski definition) is 2. The van der Waals surface area contributed by atoms with Gasteiger partial charge in [-0.2, -0.15) is 0 Å². The Morgan fingerprint density at radius 3 is 2.67 bits per heavy atom. The van der Waals surface area contributed by atoms with Gasteiger partial charge in [-0.05, 0) is 24.6 Å². The maximum atomic E-state index is 12.9. The molecule has 1 aromatic carbocycles. The summed E-state index contributed by atoms with van der Waals surface area (Å²) in [6.07, 6.45) is 1.49. The van der Waals surface area contributed by atoms with E-state index in [9.17, 15) is 17.6 Å². The van der Waals surface area contributed by atoms with Gasteiger partial charge in [0.2, 0.25) is 0 Å². The first kappa shape index (κ1) is 14.4. The molecule has 0 spiro atoms. The third-order valence-electron chi connectivity index (χ3n) is 2.22. The van der Waals surface area contributed by atoms with Gasteiger partial charge in [0.1, 0.15) is 15.7 Å². The van der Waals surface area contributed by atoms with Crippen molar-refractivity contribution in [3.05, 3.63) is 29.6 Å². The van der Waals surface area contributed by atoms with Crippen molar-refractivity contribution in [1.29, 1.82) is 0 Å².